The number of likely N-dealkylation sites (tertiary alicyclic amines) is 1. The number of thiophene rings is 1. The molecule has 1 aromatic carbocycles. The second-order valence-corrected chi connectivity index (χ2v) is 8.45. The van der Waals surface area contributed by atoms with Crippen molar-refractivity contribution in [1.29, 1.82) is 0 Å². The Kier molecular flexibility index (Phi) is 7.56. The van der Waals surface area contributed by atoms with E-state index in [0.29, 0.717) is 12.0 Å². The first kappa shape index (κ1) is 20.2. The van der Waals surface area contributed by atoms with Gasteiger partial charge in [0.1, 0.15) is 0 Å². The van der Waals surface area contributed by atoms with Crippen molar-refractivity contribution in [3.8, 4) is 0 Å². The summed E-state index contributed by atoms with van der Waals surface area (Å²) < 4.78 is 0. The van der Waals surface area contributed by atoms with Crippen molar-refractivity contribution in [2.75, 3.05) is 26.7 Å². The molecule has 0 bridgehead atoms. The summed E-state index contributed by atoms with van der Waals surface area (Å²) in [6.07, 6.45) is 2.27. The van der Waals surface area contributed by atoms with Crippen molar-refractivity contribution in [2.24, 2.45) is 4.99 Å². The van der Waals surface area contributed by atoms with Gasteiger partial charge in [0.2, 0.25) is 0 Å². The van der Waals surface area contributed by atoms with Gasteiger partial charge in [0.05, 0.1) is 0 Å². The lowest BCUT2D eigenvalue weighted by atomic mass is 10.0. The Morgan fingerprint density at radius 1 is 1.26 bits per heavy atom. The minimum absolute atomic E-state index is 0.481. The highest BCUT2D eigenvalue weighted by Crippen LogP contribution is 2.18. The minimum Gasteiger partial charge on any atom is -0.356 e. The maximum absolute atomic E-state index is 5.97. The average Bonchev–Trinajstić information content (AvgIpc) is 3.23. The largest absolute Gasteiger partial charge is 0.356 e. The van der Waals surface area contributed by atoms with Crippen molar-refractivity contribution in [1.82, 2.24) is 15.5 Å². The van der Waals surface area contributed by atoms with Gasteiger partial charge in [-0.2, -0.15) is 11.3 Å². The Morgan fingerprint density at radius 2 is 2.00 bits per heavy atom. The molecule has 0 radical (unpaired) electrons. The number of halogens is 1. The molecule has 0 amide bonds. The first-order valence-corrected chi connectivity index (χ1v) is 10.9. The molecule has 2 N–H and O–H groups in total. The third-order valence-electron chi connectivity index (χ3n) is 5.16. The zero-order chi connectivity index (χ0) is 19.1. The second-order valence-electron chi connectivity index (χ2n) is 7.23. The Morgan fingerprint density at radius 3 is 2.63 bits per heavy atom. The van der Waals surface area contributed by atoms with Crippen LogP contribution in [-0.2, 0) is 6.54 Å². The van der Waals surface area contributed by atoms with E-state index in [1.165, 1.54) is 11.1 Å². The Balaban J connectivity index is 1.40. The molecular formula is C21H29ClN4S. The maximum Gasteiger partial charge on any atom is 0.191 e. The van der Waals surface area contributed by atoms with Crippen LogP contribution < -0.4 is 10.6 Å². The third-order valence-corrected chi connectivity index (χ3v) is 6.11. The monoisotopic (exact) mass is 404 g/mol. The van der Waals surface area contributed by atoms with Crippen LogP contribution in [0, 0.1) is 0 Å². The number of piperidine rings is 1. The molecule has 1 unspecified atom stereocenters. The van der Waals surface area contributed by atoms with Crippen LogP contribution >= 0.6 is 22.9 Å². The normalized spacial score (nSPS) is 17.7. The molecule has 1 fully saturated rings. The van der Waals surface area contributed by atoms with Crippen LogP contribution in [0.5, 0.6) is 0 Å². The van der Waals surface area contributed by atoms with Gasteiger partial charge in [-0.15, -0.1) is 0 Å². The molecule has 1 aliphatic rings. The fraction of sp³-hybridized carbons (Fsp3) is 0.476. The third kappa shape index (κ3) is 6.23. The first-order chi connectivity index (χ1) is 13.1. The summed E-state index contributed by atoms with van der Waals surface area (Å²) in [4.78, 5) is 6.91. The van der Waals surface area contributed by atoms with Crippen LogP contribution in [0.4, 0.5) is 0 Å². The van der Waals surface area contributed by atoms with E-state index < -0.39 is 0 Å². The van der Waals surface area contributed by atoms with Gasteiger partial charge in [0.15, 0.2) is 5.96 Å². The molecule has 0 aliphatic carbocycles. The van der Waals surface area contributed by atoms with E-state index in [-0.39, 0.29) is 0 Å². The highest BCUT2D eigenvalue weighted by Gasteiger charge is 2.20. The number of nitrogens with zero attached hydrogens (tertiary/aromatic N) is 2. The van der Waals surface area contributed by atoms with E-state index in [9.17, 15) is 0 Å². The van der Waals surface area contributed by atoms with Gasteiger partial charge in [0, 0.05) is 44.3 Å². The smallest absolute Gasteiger partial charge is 0.191 e. The van der Waals surface area contributed by atoms with E-state index in [4.69, 9.17) is 11.6 Å². The zero-order valence-electron chi connectivity index (χ0n) is 16.1. The predicted octanol–water partition coefficient (Wildman–Crippen LogP) is 4.33. The van der Waals surface area contributed by atoms with E-state index in [0.717, 1.165) is 50.0 Å². The summed E-state index contributed by atoms with van der Waals surface area (Å²) in [6, 6.07) is 10.9. The molecular weight excluding hydrogens is 376 g/mol. The molecule has 0 saturated carbocycles. The summed E-state index contributed by atoms with van der Waals surface area (Å²) in [5.41, 5.74) is 2.71. The standard InChI is InChI=1S/C21H29ClN4S/c1-16(18-9-12-27-15-18)13-24-21(23-2)25-20-7-10-26(11-8-20)14-17-3-5-19(22)6-4-17/h3-6,9,12,15-16,20H,7-8,10-11,13-14H2,1-2H3,(H2,23,24,25). The molecule has 1 atom stereocenters. The van der Waals surface area contributed by atoms with E-state index >= 15 is 0 Å². The van der Waals surface area contributed by atoms with Crippen LogP contribution in [0.15, 0.2) is 46.1 Å². The lowest BCUT2D eigenvalue weighted by molar-refractivity contribution is 0.198. The van der Waals surface area contributed by atoms with Crippen molar-refractivity contribution < 1.29 is 0 Å². The number of rotatable bonds is 6. The lowest BCUT2D eigenvalue weighted by Gasteiger charge is -2.33. The molecule has 0 spiro atoms. The number of aliphatic imine (C=N–C) groups is 1. The summed E-state index contributed by atoms with van der Waals surface area (Å²) in [7, 11) is 1.85. The van der Waals surface area contributed by atoms with Crippen LogP contribution in [-0.4, -0.2) is 43.6 Å². The molecule has 27 heavy (non-hydrogen) atoms. The average molecular weight is 405 g/mol. The second kappa shape index (κ2) is 10.1. The van der Waals surface area contributed by atoms with Crippen LogP contribution in [0.2, 0.25) is 5.02 Å². The summed E-state index contributed by atoms with van der Waals surface area (Å²) in [5.74, 6) is 1.39. The van der Waals surface area contributed by atoms with Crippen molar-refractivity contribution in [3.63, 3.8) is 0 Å². The lowest BCUT2D eigenvalue weighted by Crippen LogP contribution is -2.49. The molecule has 146 valence electrons. The molecule has 3 rings (SSSR count). The summed E-state index contributed by atoms with van der Waals surface area (Å²) in [6.45, 7) is 6.34. The van der Waals surface area contributed by atoms with Crippen molar-refractivity contribution in [2.45, 2.75) is 38.3 Å². The molecule has 6 heteroatoms. The molecule has 1 saturated heterocycles. The molecule has 2 heterocycles. The summed E-state index contributed by atoms with van der Waals surface area (Å²) in [5, 5.41) is 12.2. The fourth-order valence-electron chi connectivity index (χ4n) is 3.39. The Hall–Kier alpha value is -1.56. The molecule has 4 nitrogen and oxygen atoms in total. The van der Waals surface area contributed by atoms with Crippen molar-refractivity contribution >= 4 is 28.9 Å². The Bertz CT molecular complexity index is 706. The highest BCUT2D eigenvalue weighted by molar-refractivity contribution is 7.07. The maximum atomic E-state index is 5.97. The van der Waals surface area contributed by atoms with Gasteiger partial charge in [0.25, 0.3) is 0 Å². The zero-order valence-corrected chi connectivity index (χ0v) is 17.7. The molecule has 2 aromatic rings. The number of hydrogen-bond acceptors (Lipinski definition) is 3. The van der Waals surface area contributed by atoms with Gasteiger partial charge in [-0.05, 0) is 58.8 Å². The van der Waals surface area contributed by atoms with Gasteiger partial charge in [-0.1, -0.05) is 30.7 Å². The summed E-state index contributed by atoms with van der Waals surface area (Å²) >= 11 is 7.72. The van der Waals surface area contributed by atoms with E-state index in [1.54, 1.807) is 11.3 Å². The first-order valence-electron chi connectivity index (χ1n) is 9.60. The number of hydrogen-bond donors (Lipinski definition) is 2. The highest BCUT2D eigenvalue weighted by atomic mass is 35.5. The van der Waals surface area contributed by atoms with E-state index in [1.807, 2.05) is 19.2 Å². The van der Waals surface area contributed by atoms with Crippen LogP contribution in [0.25, 0.3) is 0 Å². The predicted molar refractivity (Wildman–Crippen MR) is 117 cm³/mol. The number of benzene rings is 1. The minimum atomic E-state index is 0.481. The molecule has 1 aromatic heterocycles. The van der Waals surface area contributed by atoms with E-state index in [2.05, 4.69) is 56.4 Å². The Labute approximate surface area is 171 Å². The SMILES string of the molecule is CN=C(NCC(C)c1ccsc1)NC1CCN(Cc2ccc(Cl)cc2)CC1. The van der Waals surface area contributed by atoms with Gasteiger partial charge in [-0.25, -0.2) is 0 Å². The quantitative estimate of drug-likeness (QED) is 0.555. The van der Waals surface area contributed by atoms with Gasteiger partial charge >= 0.3 is 0 Å². The van der Waals surface area contributed by atoms with Gasteiger partial charge < -0.3 is 10.6 Å². The molecule has 1 aliphatic heterocycles. The van der Waals surface area contributed by atoms with Crippen molar-refractivity contribution in [3.05, 3.63) is 57.2 Å². The topological polar surface area (TPSA) is 39.7 Å². The van der Waals surface area contributed by atoms with Crippen LogP contribution in [0.3, 0.4) is 0 Å². The number of guanidine groups is 1. The van der Waals surface area contributed by atoms with Gasteiger partial charge in [-0.3, -0.25) is 9.89 Å². The van der Waals surface area contributed by atoms with Crippen LogP contribution in [0.1, 0.15) is 36.8 Å². The fourth-order valence-corrected chi connectivity index (χ4v) is 4.30. The number of nitrogens with one attached hydrogen (secondary N) is 2.